The van der Waals surface area contributed by atoms with Crippen LogP contribution in [0.25, 0.3) is 0 Å². The molecule has 0 heterocycles. The largest absolute Gasteiger partial charge is 0.497 e. The Hall–Kier alpha value is -3.02. The molecule has 12 nitrogen and oxygen atoms in total. The zero-order valence-electron chi connectivity index (χ0n) is 20.2. The van der Waals surface area contributed by atoms with Crippen LogP contribution in [0.4, 0.5) is 0 Å². The van der Waals surface area contributed by atoms with Crippen molar-refractivity contribution in [3.8, 4) is 17.2 Å². The molecule has 3 aromatic rings. The van der Waals surface area contributed by atoms with Crippen LogP contribution in [-0.2, 0) is 36.0 Å². The van der Waals surface area contributed by atoms with Gasteiger partial charge in [-0.2, -0.15) is 16.8 Å². The van der Waals surface area contributed by atoms with Gasteiger partial charge in [0.1, 0.15) is 22.1 Å². The standard InChI is InChI=1S/C22H20O9S2.CH4O3S/c1-3-14-4-5-15(12-20(14)32-31-30-24)22(23)16-6-11-19(21(13-16)33(25,26)27)29-18-9-7-17(28-2)8-10-18;1-5(2,3)4/h4-13,24H,3H2,1-2H3,(H,25,26,27);1H3,(H,2,3,4). The van der Waals surface area contributed by atoms with E-state index in [1.807, 2.05) is 6.92 Å². The van der Waals surface area contributed by atoms with Gasteiger partial charge >= 0.3 is 0 Å². The number of rotatable bonds is 10. The molecule has 3 rings (SSSR count). The summed E-state index contributed by atoms with van der Waals surface area (Å²) in [6, 6.07) is 14.9. The highest BCUT2D eigenvalue weighted by Gasteiger charge is 2.21. The smallest absolute Gasteiger partial charge is 0.298 e. The summed E-state index contributed by atoms with van der Waals surface area (Å²) in [5.41, 5.74) is 1.10. The summed E-state index contributed by atoms with van der Waals surface area (Å²) in [7, 11) is -6.87. The third-order valence-corrected chi connectivity index (χ3v) is 6.20. The second kappa shape index (κ2) is 13.7. The highest BCUT2D eigenvalue weighted by molar-refractivity contribution is 7.94. The van der Waals surface area contributed by atoms with Crippen LogP contribution in [0.15, 0.2) is 70.5 Å². The molecule has 15 heteroatoms. The zero-order chi connectivity index (χ0) is 28.5. The molecule has 0 aliphatic heterocycles. The Morgan fingerprint density at radius 1 is 0.895 bits per heavy atom. The SMILES string of the molecule is CCc1ccc(C(=O)c2ccc(Oc3ccc(OC)cc3)c(S(=O)(=O)O)c2)cc1SOOO.CS(=O)(=O)O. The van der Waals surface area contributed by atoms with Crippen LogP contribution in [0.1, 0.15) is 28.4 Å². The monoisotopic (exact) mass is 588 g/mol. The van der Waals surface area contributed by atoms with Crippen LogP contribution >= 0.6 is 12.0 Å². The van der Waals surface area contributed by atoms with E-state index in [4.69, 9.17) is 19.3 Å². The molecule has 0 saturated carbocycles. The van der Waals surface area contributed by atoms with E-state index in [0.717, 1.165) is 23.7 Å². The first-order chi connectivity index (χ1) is 17.8. The van der Waals surface area contributed by atoms with Crippen molar-refractivity contribution in [2.45, 2.75) is 23.1 Å². The molecule has 0 aliphatic carbocycles. The maximum absolute atomic E-state index is 13.0. The van der Waals surface area contributed by atoms with Crippen molar-refractivity contribution in [3.05, 3.63) is 77.4 Å². The average molecular weight is 589 g/mol. The Balaban J connectivity index is 0.000000926. The van der Waals surface area contributed by atoms with Crippen molar-refractivity contribution in [2.24, 2.45) is 0 Å². The lowest BCUT2D eigenvalue weighted by Gasteiger charge is -2.12. The number of ketones is 1. The van der Waals surface area contributed by atoms with Crippen molar-refractivity contribution in [3.63, 3.8) is 0 Å². The van der Waals surface area contributed by atoms with Crippen molar-refractivity contribution in [1.82, 2.24) is 0 Å². The third-order valence-electron chi connectivity index (χ3n) is 4.64. The molecule has 3 aromatic carbocycles. The fourth-order valence-corrected chi connectivity index (χ4v) is 4.23. The molecule has 206 valence electrons. The van der Waals surface area contributed by atoms with Crippen LogP contribution in [0.3, 0.4) is 0 Å². The van der Waals surface area contributed by atoms with Crippen LogP contribution in [0.2, 0.25) is 0 Å². The Bertz CT molecular complexity index is 1460. The fourth-order valence-electron chi connectivity index (χ4n) is 2.99. The Morgan fingerprint density at radius 2 is 1.45 bits per heavy atom. The molecule has 0 atom stereocenters. The molecular weight excluding hydrogens is 564 g/mol. The highest BCUT2D eigenvalue weighted by atomic mass is 32.2. The summed E-state index contributed by atoms with van der Waals surface area (Å²) in [4.78, 5) is 13.0. The van der Waals surface area contributed by atoms with Gasteiger partial charge < -0.3 is 9.47 Å². The van der Waals surface area contributed by atoms with Gasteiger partial charge in [0.15, 0.2) is 5.78 Å². The minimum atomic E-state index is -4.71. The number of hydrogen-bond donors (Lipinski definition) is 3. The lowest BCUT2D eigenvalue weighted by Crippen LogP contribution is -2.07. The number of hydrogen-bond acceptors (Lipinski definition) is 11. The van der Waals surface area contributed by atoms with Gasteiger partial charge in [0.25, 0.3) is 20.2 Å². The quantitative estimate of drug-likeness (QED) is 0.0993. The molecule has 0 amide bonds. The maximum Gasteiger partial charge on any atom is 0.298 e. The molecule has 3 N–H and O–H groups in total. The summed E-state index contributed by atoms with van der Waals surface area (Å²) in [6.07, 6.45) is 1.35. The summed E-state index contributed by atoms with van der Waals surface area (Å²) < 4.78 is 74.7. The summed E-state index contributed by atoms with van der Waals surface area (Å²) in [5.74, 6) is 0.249. The predicted octanol–water partition coefficient (Wildman–Crippen LogP) is 4.46. The van der Waals surface area contributed by atoms with E-state index in [1.165, 1.54) is 25.3 Å². The van der Waals surface area contributed by atoms with Crippen LogP contribution in [0, 0.1) is 0 Å². The first kappa shape index (κ1) is 31.2. The van der Waals surface area contributed by atoms with Gasteiger partial charge in [-0.1, -0.05) is 24.1 Å². The van der Waals surface area contributed by atoms with Crippen molar-refractivity contribution < 1.29 is 54.8 Å². The summed E-state index contributed by atoms with van der Waals surface area (Å²) in [5, 5.41) is 12.0. The number of carbonyl (C=O) groups is 1. The first-order valence-corrected chi connectivity index (χ1v) is 14.5. The van der Waals surface area contributed by atoms with Gasteiger partial charge in [0.05, 0.1) is 25.4 Å². The van der Waals surface area contributed by atoms with Crippen molar-refractivity contribution >= 4 is 38.1 Å². The zero-order valence-corrected chi connectivity index (χ0v) is 22.7. The number of benzene rings is 3. The Labute approximate surface area is 223 Å². The van der Waals surface area contributed by atoms with E-state index in [1.54, 1.807) is 36.4 Å². The molecule has 0 saturated heterocycles. The van der Waals surface area contributed by atoms with Gasteiger partial charge in [0, 0.05) is 16.0 Å². The van der Waals surface area contributed by atoms with Crippen molar-refractivity contribution in [1.29, 1.82) is 0 Å². The molecule has 0 radical (unpaired) electrons. The highest BCUT2D eigenvalue weighted by Crippen LogP contribution is 2.32. The third kappa shape index (κ3) is 9.70. The minimum Gasteiger partial charge on any atom is -0.497 e. The van der Waals surface area contributed by atoms with Gasteiger partial charge in [-0.25, -0.2) is 5.26 Å². The molecule has 0 fully saturated rings. The Kier molecular flexibility index (Phi) is 11.2. The van der Waals surface area contributed by atoms with Gasteiger partial charge in [0.2, 0.25) is 0 Å². The lowest BCUT2D eigenvalue weighted by atomic mass is 10.0. The molecule has 0 aliphatic rings. The van der Waals surface area contributed by atoms with E-state index < -0.39 is 30.9 Å². The Morgan fingerprint density at radius 3 is 1.97 bits per heavy atom. The van der Waals surface area contributed by atoms with Crippen LogP contribution in [0.5, 0.6) is 17.2 Å². The fraction of sp³-hybridized carbons (Fsp3) is 0.174. The van der Waals surface area contributed by atoms with Gasteiger partial charge in [-0.15, -0.1) is 4.33 Å². The summed E-state index contributed by atoms with van der Waals surface area (Å²) in [6.45, 7) is 1.90. The topological polar surface area (TPSA) is 183 Å². The van der Waals surface area contributed by atoms with Gasteiger partial charge in [-0.05, 0) is 60.5 Å². The minimum absolute atomic E-state index is 0.0178. The normalized spacial score (nSPS) is 11.3. The van der Waals surface area contributed by atoms with E-state index in [9.17, 15) is 26.2 Å². The van der Waals surface area contributed by atoms with E-state index >= 15 is 0 Å². The average Bonchev–Trinajstić information content (AvgIpc) is 2.86. The number of methoxy groups -OCH3 is 1. The van der Waals surface area contributed by atoms with Crippen LogP contribution < -0.4 is 9.47 Å². The molecular formula is C23H24O12S3. The molecule has 0 spiro atoms. The first-order valence-electron chi connectivity index (χ1n) is 10.4. The van der Waals surface area contributed by atoms with Crippen LogP contribution in [-0.4, -0.2) is 50.3 Å². The molecule has 0 unspecified atom stereocenters. The number of aryl methyl sites for hydroxylation is 1. The molecule has 38 heavy (non-hydrogen) atoms. The lowest BCUT2D eigenvalue weighted by molar-refractivity contribution is -0.432. The van der Waals surface area contributed by atoms with E-state index in [0.29, 0.717) is 29.1 Å². The van der Waals surface area contributed by atoms with E-state index in [2.05, 4.69) is 9.37 Å². The predicted molar refractivity (Wildman–Crippen MR) is 137 cm³/mol. The van der Waals surface area contributed by atoms with Crippen molar-refractivity contribution in [2.75, 3.05) is 13.4 Å². The molecule has 0 aromatic heterocycles. The van der Waals surface area contributed by atoms with Gasteiger partial charge in [-0.3, -0.25) is 13.9 Å². The molecule has 0 bridgehead atoms. The second-order valence-corrected chi connectivity index (χ2v) is 11.0. The summed E-state index contributed by atoms with van der Waals surface area (Å²) >= 11 is 0.723. The number of carbonyl (C=O) groups excluding carboxylic acids is 1. The van der Waals surface area contributed by atoms with E-state index in [-0.39, 0.29) is 16.9 Å². The second-order valence-electron chi connectivity index (χ2n) is 7.38. The number of ether oxygens (including phenoxy) is 2. The maximum atomic E-state index is 13.0.